The molecule has 11 heteroatoms. The molecule has 33 heavy (non-hydrogen) atoms. The van der Waals surface area contributed by atoms with Crippen LogP contribution in [0.15, 0.2) is 52.7 Å². The molecular weight excluding hydrogens is 466 g/mol. The number of carbonyl (C=O) groups excluding carboxylic acids is 1. The lowest BCUT2D eigenvalue weighted by Gasteiger charge is -2.26. The van der Waals surface area contributed by atoms with Gasteiger partial charge in [-0.1, -0.05) is 0 Å². The lowest BCUT2D eigenvalue weighted by atomic mass is 10.2. The van der Waals surface area contributed by atoms with E-state index in [1.54, 1.807) is 7.11 Å². The molecule has 1 N–H and O–H groups in total. The van der Waals surface area contributed by atoms with Crippen molar-refractivity contribution in [1.29, 1.82) is 0 Å². The highest BCUT2D eigenvalue weighted by Gasteiger charge is 2.28. The van der Waals surface area contributed by atoms with E-state index in [1.165, 1.54) is 41.0 Å². The van der Waals surface area contributed by atoms with Crippen molar-refractivity contribution in [1.82, 2.24) is 9.29 Å². The summed E-state index contributed by atoms with van der Waals surface area (Å²) >= 11 is 1.27. The van der Waals surface area contributed by atoms with Gasteiger partial charge in [0.05, 0.1) is 43.6 Å². The van der Waals surface area contributed by atoms with E-state index < -0.39 is 15.9 Å². The van der Waals surface area contributed by atoms with Crippen LogP contribution in [0.4, 0.5) is 5.13 Å². The van der Waals surface area contributed by atoms with Crippen molar-refractivity contribution in [3.8, 4) is 22.8 Å². The van der Waals surface area contributed by atoms with Gasteiger partial charge in [0.2, 0.25) is 10.0 Å². The van der Waals surface area contributed by atoms with Crippen LogP contribution in [0, 0.1) is 0 Å². The topological polar surface area (TPSA) is 107 Å². The first kappa shape index (κ1) is 23.2. The molecule has 0 radical (unpaired) electrons. The molecule has 4 rings (SSSR count). The molecule has 2 heterocycles. The fourth-order valence-corrected chi connectivity index (χ4v) is 5.50. The summed E-state index contributed by atoms with van der Waals surface area (Å²) in [6.07, 6.45) is 0. The van der Waals surface area contributed by atoms with Crippen LogP contribution in [0.1, 0.15) is 10.4 Å². The molecule has 0 saturated carbocycles. The van der Waals surface area contributed by atoms with Crippen molar-refractivity contribution in [2.45, 2.75) is 4.90 Å². The van der Waals surface area contributed by atoms with Crippen LogP contribution in [-0.2, 0) is 14.8 Å². The molecule has 3 aromatic rings. The zero-order valence-corrected chi connectivity index (χ0v) is 19.7. The van der Waals surface area contributed by atoms with Gasteiger partial charge >= 0.3 is 0 Å². The number of hydrogen-bond donors (Lipinski definition) is 1. The number of nitrogens with one attached hydrogen (secondary N) is 1. The van der Waals surface area contributed by atoms with Gasteiger partial charge in [-0.3, -0.25) is 10.1 Å². The molecule has 1 aliphatic rings. The zero-order valence-electron chi connectivity index (χ0n) is 18.1. The van der Waals surface area contributed by atoms with Gasteiger partial charge in [-0.15, -0.1) is 11.3 Å². The molecule has 1 aliphatic heterocycles. The van der Waals surface area contributed by atoms with Crippen LogP contribution in [0.25, 0.3) is 11.3 Å². The van der Waals surface area contributed by atoms with Gasteiger partial charge in [-0.05, 0) is 42.5 Å². The number of thiazole rings is 1. The van der Waals surface area contributed by atoms with Gasteiger partial charge in [0.15, 0.2) is 5.13 Å². The van der Waals surface area contributed by atoms with Gasteiger partial charge in [0, 0.05) is 24.0 Å². The van der Waals surface area contributed by atoms with E-state index in [4.69, 9.17) is 14.2 Å². The third-order valence-electron chi connectivity index (χ3n) is 5.13. The number of methoxy groups -OCH3 is 2. The number of anilines is 1. The number of ether oxygens (including phenoxy) is 3. The average molecular weight is 490 g/mol. The molecule has 0 unspecified atom stereocenters. The van der Waals surface area contributed by atoms with E-state index in [-0.39, 0.29) is 29.3 Å². The normalized spacial score (nSPS) is 14.6. The first-order valence-electron chi connectivity index (χ1n) is 10.1. The number of benzene rings is 2. The Balaban J connectivity index is 1.56. The number of amides is 1. The molecule has 1 amide bonds. The quantitative estimate of drug-likeness (QED) is 0.543. The van der Waals surface area contributed by atoms with Crippen LogP contribution in [-0.4, -0.2) is 64.1 Å². The second-order valence-electron chi connectivity index (χ2n) is 7.10. The van der Waals surface area contributed by atoms with Gasteiger partial charge in [0.25, 0.3) is 5.91 Å². The highest BCUT2D eigenvalue weighted by molar-refractivity contribution is 7.89. The third kappa shape index (κ3) is 5.01. The number of sulfonamides is 1. The summed E-state index contributed by atoms with van der Waals surface area (Å²) in [5, 5.41) is 4.95. The van der Waals surface area contributed by atoms with Crippen molar-refractivity contribution >= 4 is 32.4 Å². The molecule has 1 saturated heterocycles. The van der Waals surface area contributed by atoms with Crippen LogP contribution < -0.4 is 14.8 Å². The van der Waals surface area contributed by atoms with Gasteiger partial charge in [-0.2, -0.15) is 4.31 Å². The van der Waals surface area contributed by atoms with Crippen LogP contribution >= 0.6 is 11.3 Å². The summed E-state index contributed by atoms with van der Waals surface area (Å²) in [6, 6.07) is 11.7. The number of morpholine rings is 1. The molecule has 0 aliphatic carbocycles. The van der Waals surface area contributed by atoms with Gasteiger partial charge < -0.3 is 14.2 Å². The summed E-state index contributed by atoms with van der Waals surface area (Å²) in [4.78, 5) is 17.5. The highest BCUT2D eigenvalue weighted by Crippen LogP contribution is 2.29. The molecule has 0 atom stereocenters. The van der Waals surface area contributed by atoms with E-state index in [0.29, 0.717) is 24.0 Å². The molecule has 0 spiro atoms. The molecule has 0 bridgehead atoms. The molecule has 2 aromatic carbocycles. The maximum absolute atomic E-state index is 13.0. The minimum absolute atomic E-state index is 0.0217. The van der Waals surface area contributed by atoms with Gasteiger partial charge in [0.1, 0.15) is 11.5 Å². The Morgan fingerprint density at radius 2 is 1.82 bits per heavy atom. The number of hydrogen-bond acceptors (Lipinski definition) is 8. The van der Waals surface area contributed by atoms with Crippen molar-refractivity contribution in [3.63, 3.8) is 0 Å². The maximum Gasteiger partial charge on any atom is 0.261 e. The number of carbonyl (C=O) groups is 1. The van der Waals surface area contributed by atoms with Crippen molar-refractivity contribution in [2.75, 3.05) is 45.8 Å². The fourth-order valence-electron chi connectivity index (χ4n) is 3.35. The zero-order chi connectivity index (χ0) is 23.4. The predicted octanol–water partition coefficient (Wildman–Crippen LogP) is 3.10. The highest BCUT2D eigenvalue weighted by atomic mass is 32.2. The molecule has 174 valence electrons. The third-order valence-corrected chi connectivity index (χ3v) is 7.79. The van der Waals surface area contributed by atoms with Crippen LogP contribution in [0.2, 0.25) is 0 Å². The molecule has 9 nitrogen and oxygen atoms in total. The van der Waals surface area contributed by atoms with Crippen LogP contribution in [0.3, 0.4) is 0 Å². The van der Waals surface area contributed by atoms with E-state index in [9.17, 15) is 13.2 Å². The lowest BCUT2D eigenvalue weighted by Crippen LogP contribution is -2.40. The van der Waals surface area contributed by atoms with E-state index in [2.05, 4.69) is 10.3 Å². The molecule has 1 aromatic heterocycles. The Morgan fingerprint density at radius 1 is 1.09 bits per heavy atom. The summed E-state index contributed by atoms with van der Waals surface area (Å²) in [6.45, 7) is 1.21. The average Bonchev–Trinajstić information content (AvgIpc) is 3.32. The van der Waals surface area contributed by atoms with Crippen molar-refractivity contribution < 1.29 is 27.4 Å². The van der Waals surface area contributed by atoms with Crippen LogP contribution in [0.5, 0.6) is 11.5 Å². The van der Waals surface area contributed by atoms with Gasteiger partial charge in [-0.25, -0.2) is 13.4 Å². The van der Waals surface area contributed by atoms with Crippen molar-refractivity contribution in [3.05, 3.63) is 53.4 Å². The first-order chi connectivity index (χ1) is 15.9. The number of nitrogens with zero attached hydrogens (tertiary/aromatic N) is 2. The number of aromatic nitrogens is 1. The Morgan fingerprint density at radius 3 is 2.48 bits per heavy atom. The van der Waals surface area contributed by atoms with E-state index in [0.717, 1.165) is 11.3 Å². The predicted molar refractivity (Wildman–Crippen MR) is 125 cm³/mol. The Labute approximate surface area is 196 Å². The minimum Gasteiger partial charge on any atom is -0.497 e. The number of rotatable bonds is 7. The Kier molecular flexibility index (Phi) is 6.94. The summed E-state index contributed by atoms with van der Waals surface area (Å²) in [7, 11) is -0.737. The largest absolute Gasteiger partial charge is 0.497 e. The van der Waals surface area contributed by atoms with Crippen molar-refractivity contribution in [2.24, 2.45) is 0 Å². The Bertz CT molecular complexity index is 1240. The SMILES string of the molecule is COc1ccc(-c2csc(NC(=O)c3cc(S(=O)(=O)N4CCOCC4)ccc3OC)n2)cc1. The van der Waals surface area contributed by atoms with E-state index >= 15 is 0 Å². The monoisotopic (exact) mass is 489 g/mol. The first-order valence-corrected chi connectivity index (χ1v) is 12.4. The smallest absolute Gasteiger partial charge is 0.261 e. The minimum atomic E-state index is -3.76. The summed E-state index contributed by atoms with van der Waals surface area (Å²) in [5.41, 5.74) is 1.69. The second-order valence-corrected chi connectivity index (χ2v) is 9.90. The fraction of sp³-hybridized carbons (Fsp3) is 0.273. The maximum atomic E-state index is 13.0. The molecular formula is C22H23N3O6S2. The summed E-state index contributed by atoms with van der Waals surface area (Å²) < 4.78 is 43.1. The van der Waals surface area contributed by atoms with E-state index in [1.807, 2.05) is 29.6 Å². The standard InChI is InChI=1S/C22H23N3O6S2/c1-29-16-5-3-15(4-6-16)19-14-32-22(23-19)24-21(26)18-13-17(7-8-20(18)30-2)33(27,28)25-9-11-31-12-10-25/h3-8,13-14H,9-12H2,1-2H3,(H,23,24,26). The lowest BCUT2D eigenvalue weighted by molar-refractivity contribution is 0.0730. The molecule has 1 fully saturated rings. The second kappa shape index (κ2) is 9.87. The Hall–Kier alpha value is -2.99. The summed E-state index contributed by atoms with van der Waals surface area (Å²) in [5.74, 6) is 0.489.